The first kappa shape index (κ1) is 18.0. The minimum Gasteiger partial charge on any atom is -0.435 e. The monoisotopic (exact) mass is 357 g/mol. The molecule has 1 spiro atoms. The van der Waals surface area contributed by atoms with Gasteiger partial charge in [-0.15, -0.1) is 0 Å². The molecule has 1 aromatic carbocycles. The van der Waals surface area contributed by atoms with Crippen LogP contribution < -0.4 is 4.74 Å². The van der Waals surface area contributed by atoms with Gasteiger partial charge in [-0.3, -0.25) is 4.79 Å². The van der Waals surface area contributed by atoms with E-state index in [0.29, 0.717) is 39.0 Å². The fourth-order valence-corrected chi connectivity index (χ4v) is 3.49. The van der Waals surface area contributed by atoms with E-state index in [-0.39, 0.29) is 17.2 Å². The van der Waals surface area contributed by atoms with E-state index in [9.17, 15) is 23.8 Å². The highest BCUT2D eigenvalue weighted by Gasteiger charge is 2.48. The molecule has 0 unspecified atom stereocenters. The summed E-state index contributed by atoms with van der Waals surface area (Å²) in [6.07, 6.45) is -0.586. The number of hydrogen-bond donors (Lipinski definition) is 2. The van der Waals surface area contributed by atoms with Crippen LogP contribution in [0.4, 0.5) is 8.78 Å². The van der Waals surface area contributed by atoms with E-state index in [1.807, 2.05) is 0 Å². The van der Waals surface area contributed by atoms with Crippen LogP contribution in [0.3, 0.4) is 0 Å². The normalized spacial score (nSPS) is 26.0. The Bertz CT molecular complexity index is 619. The lowest BCUT2D eigenvalue weighted by Crippen LogP contribution is -2.60. The zero-order valence-electron chi connectivity index (χ0n) is 13.6. The molecule has 1 aromatic rings. The van der Waals surface area contributed by atoms with Crippen molar-refractivity contribution in [2.75, 3.05) is 19.7 Å². The first-order valence-electron chi connectivity index (χ1n) is 8.25. The number of halogens is 2. The standard InChI is InChI=1S/C17H21F2NO5/c18-16(19)25-12-3-1-2-11(10-12)15(23)20-7-5-17(6-8-20)14(22)13(21)4-9-24-17/h1-3,10,13-14,16,21-22H,4-9H2/t13-,14-/m0/s1. The summed E-state index contributed by atoms with van der Waals surface area (Å²) in [4.78, 5) is 14.2. The second-order valence-electron chi connectivity index (χ2n) is 6.41. The average Bonchev–Trinajstić information content (AvgIpc) is 2.59. The molecule has 3 rings (SSSR count). The molecule has 2 fully saturated rings. The fourth-order valence-electron chi connectivity index (χ4n) is 3.49. The van der Waals surface area contributed by atoms with Gasteiger partial charge in [0.2, 0.25) is 0 Å². The topological polar surface area (TPSA) is 79.2 Å². The Morgan fingerprint density at radius 1 is 1.32 bits per heavy atom. The second-order valence-corrected chi connectivity index (χ2v) is 6.41. The number of ether oxygens (including phenoxy) is 2. The Morgan fingerprint density at radius 3 is 2.72 bits per heavy atom. The molecule has 138 valence electrons. The number of alkyl halides is 2. The molecule has 2 atom stereocenters. The van der Waals surface area contributed by atoms with E-state index in [2.05, 4.69) is 4.74 Å². The lowest BCUT2D eigenvalue weighted by molar-refractivity contribution is -0.212. The van der Waals surface area contributed by atoms with Crippen LogP contribution in [0.2, 0.25) is 0 Å². The van der Waals surface area contributed by atoms with Crippen molar-refractivity contribution in [1.29, 1.82) is 0 Å². The average molecular weight is 357 g/mol. The maximum Gasteiger partial charge on any atom is 0.387 e. The largest absolute Gasteiger partial charge is 0.435 e. The molecule has 6 nitrogen and oxygen atoms in total. The Kier molecular flexibility index (Phi) is 5.21. The van der Waals surface area contributed by atoms with Crippen molar-refractivity contribution < 1.29 is 33.3 Å². The summed E-state index contributed by atoms with van der Waals surface area (Å²) in [5.41, 5.74) is -0.561. The van der Waals surface area contributed by atoms with Gasteiger partial charge >= 0.3 is 6.61 Å². The highest BCUT2D eigenvalue weighted by Crippen LogP contribution is 2.35. The molecule has 2 saturated heterocycles. The predicted molar refractivity (Wildman–Crippen MR) is 83.5 cm³/mol. The summed E-state index contributed by atoms with van der Waals surface area (Å²) in [5.74, 6) is -0.357. The first-order valence-corrected chi connectivity index (χ1v) is 8.25. The van der Waals surface area contributed by atoms with Crippen LogP contribution in [0, 0.1) is 0 Å². The van der Waals surface area contributed by atoms with Crippen molar-refractivity contribution in [2.24, 2.45) is 0 Å². The quantitative estimate of drug-likeness (QED) is 0.855. The summed E-state index contributed by atoms with van der Waals surface area (Å²) >= 11 is 0. The van der Waals surface area contributed by atoms with Crippen LogP contribution in [0.15, 0.2) is 24.3 Å². The molecule has 0 saturated carbocycles. The molecule has 0 aromatic heterocycles. The third kappa shape index (κ3) is 3.75. The number of hydrogen-bond acceptors (Lipinski definition) is 5. The summed E-state index contributed by atoms with van der Waals surface area (Å²) < 4.78 is 34.7. The first-order chi connectivity index (χ1) is 11.9. The number of piperidine rings is 1. The molecule has 2 aliphatic rings. The number of rotatable bonds is 3. The Labute approximate surface area is 144 Å². The molecule has 25 heavy (non-hydrogen) atoms. The Hall–Kier alpha value is -1.77. The fraction of sp³-hybridized carbons (Fsp3) is 0.588. The summed E-state index contributed by atoms with van der Waals surface area (Å²) in [6, 6.07) is 5.68. The van der Waals surface area contributed by atoms with Crippen molar-refractivity contribution >= 4 is 5.91 Å². The number of benzene rings is 1. The van der Waals surface area contributed by atoms with E-state index < -0.39 is 24.4 Å². The van der Waals surface area contributed by atoms with Crippen molar-refractivity contribution in [2.45, 2.75) is 43.7 Å². The molecule has 0 bridgehead atoms. The molecule has 8 heteroatoms. The number of likely N-dealkylation sites (tertiary alicyclic amines) is 1. The lowest BCUT2D eigenvalue weighted by Gasteiger charge is -2.48. The van der Waals surface area contributed by atoms with Crippen LogP contribution in [0.5, 0.6) is 5.75 Å². The van der Waals surface area contributed by atoms with Gasteiger partial charge in [0, 0.05) is 18.7 Å². The zero-order chi connectivity index (χ0) is 18.0. The van der Waals surface area contributed by atoms with Gasteiger partial charge in [-0.25, -0.2) is 0 Å². The second kappa shape index (κ2) is 7.23. The van der Waals surface area contributed by atoms with Gasteiger partial charge in [0.25, 0.3) is 5.91 Å². The highest BCUT2D eigenvalue weighted by molar-refractivity contribution is 5.94. The van der Waals surface area contributed by atoms with E-state index in [4.69, 9.17) is 4.74 Å². The van der Waals surface area contributed by atoms with E-state index in [1.165, 1.54) is 18.2 Å². The molecule has 0 aliphatic carbocycles. The predicted octanol–water partition coefficient (Wildman–Crippen LogP) is 1.40. The van der Waals surface area contributed by atoms with Crippen molar-refractivity contribution in [3.05, 3.63) is 29.8 Å². The van der Waals surface area contributed by atoms with E-state index in [0.717, 1.165) is 0 Å². The minimum atomic E-state index is -2.95. The van der Waals surface area contributed by atoms with Gasteiger partial charge in [0.05, 0.1) is 18.3 Å². The van der Waals surface area contributed by atoms with Gasteiger partial charge in [0.1, 0.15) is 11.9 Å². The Morgan fingerprint density at radius 2 is 2.04 bits per heavy atom. The van der Waals surface area contributed by atoms with E-state index in [1.54, 1.807) is 11.0 Å². The summed E-state index contributed by atoms with van der Waals surface area (Å²) in [5, 5.41) is 20.1. The van der Waals surface area contributed by atoms with Gasteiger partial charge in [-0.1, -0.05) is 6.07 Å². The number of carbonyl (C=O) groups is 1. The van der Waals surface area contributed by atoms with Gasteiger partial charge in [-0.2, -0.15) is 8.78 Å². The third-order valence-corrected chi connectivity index (χ3v) is 4.91. The van der Waals surface area contributed by atoms with Crippen LogP contribution in [-0.2, 0) is 4.74 Å². The Balaban J connectivity index is 1.66. The zero-order valence-corrected chi connectivity index (χ0v) is 13.6. The smallest absolute Gasteiger partial charge is 0.387 e. The van der Waals surface area contributed by atoms with E-state index >= 15 is 0 Å². The number of amides is 1. The third-order valence-electron chi connectivity index (χ3n) is 4.91. The summed E-state index contributed by atoms with van der Waals surface area (Å²) in [6.45, 7) is -1.87. The molecule has 2 N–H and O–H groups in total. The van der Waals surface area contributed by atoms with Gasteiger partial charge in [0.15, 0.2) is 0 Å². The van der Waals surface area contributed by atoms with Crippen LogP contribution in [0.25, 0.3) is 0 Å². The number of aliphatic hydroxyl groups excluding tert-OH is 2. The van der Waals surface area contributed by atoms with Gasteiger partial charge in [-0.05, 0) is 37.5 Å². The SMILES string of the molecule is O=C(c1cccc(OC(F)F)c1)N1CCC2(CC1)OCC[C@H](O)[C@@H]2O. The molecular formula is C17H21F2NO5. The molecule has 2 heterocycles. The lowest BCUT2D eigenvalue weighted by atomic mass is 9.80. The highest BCUT2D eigenvalue weighted by atomic mass is 19.3. The maximum atomic E-state index is 12.6. The summed E-state index contributed by atoms with van der Waals surface area (Å²) in [7, 11) is 0. The van der Waals surface area contributed by atoms with Crippen molar-refractivity contribution in [1.82, 2.24) is 4.90 Å². The number of carbonyl (C=O) groups excluding carboxylic acids is 1. The number of aliphatic hydroxyl groups is 2. The van der Waals surface area contributed by atoms with Crippen LogP contribution in [-0.4, -0.2) is 65.1 Å². The molecule has 2 aliphatic heterocycles. The van der Waals surface area contributed by atoms with Crippen molar-refractivity contribution in [3.8, 4) is 5.75 Å². The minimum absolute atomic E-state index is 0.0662. The van der Waals surface area contributed by atoms with Gasteiger partial charge < -0.3 is 24.6 Å². The van der Waals surface area contributed by atoms with Crippen molar-refractivity contribution in [3.63, 3.8) is 0 Å². The maximum absolute atomic E-state index is 12.6. The molecule has 0 radical (unpaired) electrons. The van der Waals surface area contributed by atoms with Crippen LogP contribution in [0.1, 0.15) is 29.6 Å². The number of nitrogens with zero attached hydrogens (tertiary/aromatic N) is 1. The van der Waals surface area contributed by atoms with Crippen LogP contribution >= 0.6 is 0 Å². The molecule has 1 amide bonds. The molecular weight excluding hydrogens is 336 g/mol.